The summed E-state index contributed by atoms with van der Waals surface area (Å²) in [6.45, 7) is 2.25. The van der Waals surface area contributed by atoms with Gasteiger partial charge in [0.05, 0.1) is 0 Å². The molecule has 0 aliphatic heterocycles. The Kier molecular flexibility index (Phi) is 4.18. The predicted molar refractivity (Wildman–Crippen MR) is 49.9 cm³/mol. The first-order valence-corrected chi connectivity index (χ1v) is 5.66. The molecule has 72 valence electrons. The Balaban J connectivity index is 2.30. The highest BCUT2D eigenvalue weighted by molar-refractivity contribution is 7.77. The van der Waals surface area contributed by atoms with E-state index in [-0.39, 0.29) is 6.04 Å². The molecule has 0 radical (unpaired) electrons. The lowest BCUT2D eigenvalue weighted by Crippen LogP contribution is -2.29. The smallest absolute Gasteiger partial charge is 0.231 e. The summed E-state index contributed by atoms with van der Waals surface area (Å²) in [5.74, 6) is 0.781. The van der Waals surface area contributed by atoms with Gasteiger partial charge in [0.1, 0.15) is 0 Å². The van der Waals surface area contributed by atoms with Crippen LogP contribution in [0.2, 0.25) is 0 Å². The summed E-state index contributed by atoms with van der Waals surface area (Å²) in [6.07, 6.45) is 5.69. The van der Waals surface area contributed by atoms with Crippen molar-refractivity contribution in [1.29, 1.82) is 0 Å². The molecule has 0 amide bonds. The third-order valence-electron chi connectivity index (χ3n) is 2.52. The van der Waals surface area contributed by atoms with Crippen LogP contribution in [-0.4, -0.2) is 14.8 Å². The van der Waals surface area contributed by atoms with Crippen molar-refractivity contribution >= 4 is 11.3 Å². The van der Waals surface area contributed by atoms with E-state index in [1.54, 1.807) is 0 Å². The molecule has 0 aromatic heterocycles. The van der Waals surface area contributed by atoms with Crippen LogP contribution in [0.25, 0.3) is 0 Å². The molecule has 1 aliphatic rings. The van der Waals surface area contributed by atoms with Crippen LogP contribution in [0.1, 0.15) is 39.0 Å². The molecule has 0 spiro atoms. The summed E-state index contributed by atoms with van der Waals surface area (Å²) in [5, 5.41) is 0. The van der Waals surface area contributed by atoms with E-state index >= 15 is 0 Å². The fraction of sp³-hybridized carbons (Fsp3) is 1.00. The van der Waals surface area contributed by atoms with Gasteiger partial charge in [-0.2, -0.15) is 0 Å². The molecule has 1 aliphatic carbocycles. The molecular weight excluding hydrogens is 174 g/mol. The largest absolute Gasteiger partial charge is 0.294 e. The van der Waals surface area contributed by atoms with E-state index in [2.05, 4.69) is 11.6 Å². The predicted octanol–water partition coefficient (Wildman–Crippen LogP) is 1.68. The molecule has 0 saturated heterocycles. The van der Waals surface area contributed by atoms with E-state index in [1.807, 2.05) is 0 Å². The molecule has 0 aromatic rings. The second-order valence-corrected chi connectivity index (χ2v) is 4.41. The second-order valence-electron chi connectivity index (χ2n) is 3.68. The normalized spacial score (nSPS) is 34.2. The first-order valence-electron chi connectivity index (χ1n) is 4.55. The van der Waals surface area contributed by atoms with Gasteiger partial charge in [-0.05, 0) is 25.2 Å². The monoisotopic (exact) mass is 191 g/mol. The van der Waals surface area contributed by atoms with E-state index in [0.29, 0.717) is 0 Å². The Labute approximate surface area is 76.4 Å². The summed E-state index contributed by atoms with van der Waals surface area (Å²) in [6, 6.07) is 0.251. The third kappa shape index (κ3) is 3.65. The molecular formula is C8H17NO2S. The molecule has 3 nitrogen and oxygen atoms in total. The molecule has 1 fully saturated rings. The van der Waals surface area contributed by atoms with E-state index in [1.165, 1.54) is 19.3 Å². The number of hydrogen-bond donors (Lipinski definition) is 2. The second kappa shape index (κ2) is 4.94. The van der Waals surface area contributed by atoms with Gasteiger partial charge in [0.15, 0.2) is 0 Å². The molecule has 12 heavy (non-hydrogen) atoms. The minimum absolute atomic E-state index is 0.251. The topological polar surface area (TPSA) is 49.3 Å². The van der Waals surface area contributed by atoms with Gasteiger partial charge < -0.3 is 0 Å². The fourth-order valence-electron chi connectivity index (χ4n) is 1.75. The van der Waals surface area contributed by atoms with Crippen molar-refractivity contribution in [2.24, 2.45) is 5.92 Å². The van der Waals surface area contributed by atoms with Crippen molar-refractivity contribution in [2.75, 3.05) is 0 Å². The number of nitrogens with one attached hydrogen (secondary N) is 1. The van der Waals surface area contributed by atoms with Gasteiger partial charge in [-0.3, -0.25) is 4.55 Å². The van der Waals surface area contributed by atoms with Gasteiger partial charge in [0, 0.05) is 6.04 Å². The van der Waals surface area contributed by atoms with E-state index in [0.717, 1.165) is 18.8 Å². The standard InChI is InChI=1S/C8H17NO2S/c1-7-3-2-4-8(6-5-7)9-12(10)11/h7-9H,2-6H2,1H3,(H,10,11)/t7-,8-/m1/s1. The Morgan fingerprint density at radius 3 is 2.75 bits per heavy atom. The van der Waals surface area contributed by atoms with Crippen molar-refractivity contribution in [3.05, 3.63) is 0 Å². The summed E-state index contributed by atoms with van der Waals surface area (Å²) < 4.78 is 21.8. The summed E-state index contributed by atoms with van der Waals surface area (Å²) in [7, 11) is 0. The van der Waals surface area contributed by atoms with Crippen LogP contribution >= 0.6 is 0 Å². The van der Waals surface area contributed by atoms with Crippen LogP contribution in [0.4, 0.5) is 0 Å². The fourth-order valence-corrected chi connectivity index (χ4v) is 2.27. The number of rotatable bonds is 2. The maximum Gasteiger partial charge on any atom is 0.231 e. The average Bonchev–Trinajstić information content (AvgIpc) is 2.15. The highest BCUT2D eigenvalue weighted by atomic mass is 32.2. The molecule has 1 rings (SSSR count). The van der Waals surface area contributed by atoms with Gasteiger partial charge in [-0.25, -0.2) is 8.93 Å². The highest BCUT2D eigenvalue weighted by Crippen LogP contribution is 2.22. The van der Waals surface area contributed by atoms with Crippen molar-refractivity contribution in [1.82, 2.24) is 4.72 Å². The minimum atomic E-state index is -1.83. The zero-order valence-corrected chi connectivity index (χ0v) is 8.27. The van der Waals surface area contributed by atoms with Crippen molar-refractivity contribution in [3.8, 4) is 0 Å². The van der Waals surface area contributed by atoms with Crippen LogP contribution in [0.3, 0.4) is 0 Å². The first-order chi connectivity index (χ1) is 5.68. The Hall–Kier alpha value is 0.0700. The van der Waals surface area contributed by atoms with Crippen molar-refractivity contribution < 1.29 is 8.76 Å². The highest BCUT2D eigenvalue weighted by Gasteiger charge is 2.16. The molecule has 4 heteroatoms. The molecule has 1 unspecified atom stereocenters. The Morgan fingerprint density at radius 2 is 2.08 bits per heavy atom. The molecule has 1 saturated carbocycles. The Bertz CT molecular complexity index is 163. The van der Waals surface area contributed by atoms with Crippen LogP contribution in [0, 0.1) is 5.92 Å². The zero-order valence-electron chi connectivity index (χ0n) is 7.45. The van der Waals surface area contributed by atoms with E-state index < -0.39 is 11.3 Å². The van der Waals surface area contributed by atoms with Crippen LogP contribution < -0.4 is 4.72 Å². The molecule has 0 bridgehead atoms. The van der Waals surface area contributed by atoms with Gasteiger partial charge in [0.2, 0.25) is 11.3 Å². The van der Waals surface area contributed by atoms with Gasteiger partial charge in [-0.1, -0.05) is 19.8 Å². The lowest BCUT2D eigenvalue weighted by Gasteiger charge is -2.12. The van der Waals surface area contributed by atoms with Crippen molar-refractivity contribution in [3.63, 3.8) is 0 Å². The molecule has 0 aromatic carbocycles. The van der Waals surface area contributed by atoms with Gasteiger partial charge in [0.25, 0.3) is 0 Å². The average molecular weight is 191 g/mol. The van der Waals surface area contributed by atoms with Gasteiger partial charge >= 0.3 is 0 Å². The lowest BCUT2D eigenvalue weighted by molar-refractivity contribution is 0.477. The third-order valence-corrected chi connectivity index (χ3v) is 3.06. The Morgan fingerprint density at radius 1 is 1.33 bits per heavy atom. The molecule has 0 heterocycles. The molecule has 2 N–H and O–H groups in total. The summed E-state index contributed by atoms with van der Waals surface area (Å²) >= 11 is -1.83. The maximum atomic E-state index is 10.5. The maximum absolute atomic E-state index is 10.5. The summed E-state index contributed by atoms with van der Waals surface area (Å²) in [5.41, 5.74) is 0. The quantitative estimate of drug-likeness (QED) is 0.515. The molecule has 3 atom stereocenters. The van der Waals surface area contributed by atoms with Gasteiger partial charge in [-0.15, -0.1) is 0 Å². The lowest BCUT2D eigenvalue weighted by atomic mass is 10.0. The number of hydrogen-bond acceptors (Lipinski definition) is 1. The minimum Gasteiger partial charge on any atom is -0.294 e. The SMILES string of the molecule is C[C@@H]1CCC[C@@H](NS(=O)O)CC1. The van der Waals surface area contributed by atoms with Crippen LogP contribution in [-0.2, 0) is 11.3 Å². The van der Waals surface area contributed by atoms with Crippen LogP contribution in [0.5, 0.6) is 0 Å². The van der Waals surface area contributed by atoms with E-state index in [4.69, 9.17) is 4.55 Å². The van der Waals surface area contributed by atoms with Crippen molar-refractivity contribution in [2.45, 2.75) is 45.1 Å². The first kappa shape index (κ1) is 10.2. The van der Waals surface area contributed by atoms with E-state index in [9.17, 15) is 4.21 Å². The van der Waals surface area contributed by atoms with Crippen LogP contribution in [0.15, 0.2) is 0 Å². The summed E-state index contributed by atoms with van der Waals surface area (Å²) in [4.78, 5) is 0. The zero-order chi connectivity index (χ0) is 8.97.